The molecule has 6 heteroatoms. The van der Waals surface area contributed by atoms with Crippen LogP contribution in [0.4, 0.5) is 13.2 Å². The first-order valence-corrected chi connectivity index (χ1v) is 6.46. The minimum absolute atomic E-state index is 0.00241. The Hall–Kier alpha value is -1.27. The van der Waals surface area contributed by atoms with Crippen LogP contribution in [0.5, 0.6) is 0 Å². The first-order valence-electron chi connectivity index (χ1n) is 5.66. The predicted molar refractivity (Wildman–Crippen MR) is 68.2 cm³/mol. The molecular weight excluding hydrogens is 323 g/mol. The molecule has 0 fully saturated rings. The summed E-state index contributed by atoms with van der Waals surface area (Å²) in [4.78, 5) is 0. The van der Waals surface area contributed by atoms with Gasteiger partial charge in [-0.1, -0.05) is 13.0 Å². The molecule has 0 amide bonds. The van der Waals surface area contributed by atoms with E-state index in [-0.39, 0.29) is 5.56 Å². The highest BCUT2D eigenvalue weighted by atomic mass is 79.9. The monoisotopic (exact) mass is 333 g/mol. The van der Waals surface area contributed by atoms with Gasteiger partial charge < -0.3 is 9.73 Å². The third-order valence-corrected chi connectivity index (χ3v) is 3.09. The average Bonchev–Trinajstić information content (AvgIpc) is 2.81. The Morgan fingerprint density at radius 3 is 2.47 bits per heavy atom. The van der Waals surface area contributed by atoms with Crippen LogP contribution in [0.2, 0.25) is 0 Å². The summed E-state index contributed by atoms with van der Waals surface area (Å²) in [6, 6.07) is 4.72. The zero-order valence-corrected chi connectivity index (χ0v) is 11.6. The summed E-state index contributed by atoms with van der Waals surface area (Å²) in [5, 5.41) is 2.97. The number of hydrogen-bond donors (Lipinski definition) is 1. The predicted octanol–water partition coefficient (Wildman–Crippen LogP) is 4.16. The molecule has 1 aromatic carbocycles. The summed E-state index contributed by atoms with van der Waals surface area (Å²) in [5.74, 6) is -3.49. The Labute approximate surface area is 116 Å². The molecule has 1 unspecified atom stereocenters. The molecule has 102 valence electrons. The molecule has 0 bridgehead atoms. The van der Waals surface area contributed by atoms with Crippen molar-refractivity contribution < 1.29 is 17.6 Å². The molecule has 19 heavy (non-hydrogen) atoms. The van der Waals surface area contributed by atoms with Crippen LogP contribution in [0.15, 0.2) is 33.4 Å². The van der Waals surface area contributed by atoms with E-state index in [1.54, 1.807) is 12.1 Å². The van der Waals surface area contributed by atoms with Crippen molar-refractivity contribution in [3.8, 4) is 0 Å². The van der Waals surface area contributed by atoms with E-state index < -0.39 is 23.5 Å². The maximum absolute atomic E-state index is 13.8. The molecule has 2 nitrogen and oxygen atoms in total. The zero-order chi connectivity index (χ0) is 14.0. The van der Waals surface area contributed by atoms with E-state index in [1.807, 2.05) is 6.92 Å². The number of nitrogens with one attached hydrogen (secondary N) is 1. The van der Waals surface area contributed by atoms with Crippen molar-refractivity contribution in [2.45, 2.75) is 13.0 Å². The minimum Gasteiger partial charge on any atom is -0.452 e. The van der Waals surface area contributed by atoms with Gasteiger partial charge in [-0.15, -0.1) is 0 Å². The van der Waals surface area contributed by atoms with Crippen molar-refractivity contribution in [1.29, 1.82) is 0 Å². The third kappa shape index (κ3) is 2.84. The summed E-state index contributed by atoms with van der Waals surface area (Å²) in [6.07, 6.45) is 0. The Bertz CT molecular complexity index is 585. The van der Waals surface area contributed by atoms with Crippen LogP contribution >= 0.6 is 15.9 Å². The normalized spacial score (nSPS) is 12.7. The fourth-order valence-electron chi connectivity index (χ4n) is 1.82. The second kappa shape index (κ2) is 5.79. The molecule has 1 aromatic heterocycles. The van der Waals surface area contributed by atoms with Crippen LogP contribution in [0.25, 0.3) is 0 Å². The van der Waals surface area contributed by atoms with E-state index in [9.17, 15) is 13.2 Å². The van der Waals surface area contributed by atoms with Crippen LogP contribution in [-0.4, -0.2) is 6.54 Å². The molecular formula is C13H11BrF3NO. The molecule has 0 radical (unpaired) electrons. The number of benzene rings is 1. The SMILES string of the molecule is CCNC(c1ccc(Br)o1)c1ccc(F)c(F)c1F. The van der Waals surface area contributed by atoms with Crippen molar-refractivity contribution in [3.63, 3.8) is 0 Å². The number of hydrogen-bond acceptors (Lipinski definition) is 2. The van der Waals surface area contributed by atoms with Gasteiger partial charge in [0.1, 0.15) is 5.76 Å². The van der Waals surface area contributed by atoms with Gasteiger partial charge in [-0.3, -0.25) is 0 Å². The second-order valence-electron chi connectivity index (χ2n) is 3.90. The molecule has 2 rings (SSSR count). The number of rotatable bonds is 4. The minimum atomic E-state index is -1.48. The van der Waals surface area contributed by atoms with E-state index in [0.717, 1.165) is 6.07 Å². The lowest BCUT2D eigenvalue weighted by Crippen LogP contribution is -2.23. The lowest BCUT2D eigenvalue weighted by atomic mass is 10.0. The first-order chi connectivity index (χ1) is 9.04. The highest BCUT2D eigenvalue weighted by Gasteiger charge is 2.23. The maximum atomic E-state index is 13.8. The molecule has 2 aromatic rings. The van der Waals surface area contributed by atoms with Crippen LogP contribution in [0, 0.1) is 17.5 Å². The van der Waals surface area contributed by atoms with Gasteiger partial charge >= 0.3 is 0 Å². The Morgan fingerprint density at radius 2 is 1.89 bits per heavy atom. The summed E-state index contributed by atoms with van der Waals surface area (Å²) < 4.78 is 45.9. The molecule has 0 saturated carbocycles. The van der Waals surface area contributed by atoms with E-state index in [1.165, 1.54) is 6.07 Å². The largest absolute Gasteiger partial charge is 0.452 e. The first kappa shape index (κ1) is 14.1. The van der Waals surface area contributed by atoms with Gasteiger partial charge in [-0.05, 0) is 40.7 Å². The second-order valence-corrected chi connectivity index (χ2v) is 4.68. The Morgan fingerprint density at radius 1 is 1.16 bits per heavy atom. The quantitative estimate of drug-likeness (QED) is 0.850. The van der Waals surface area contributed by atoms with Gasteiger partial charge in [-0.2, -0.15) is 0 Å². The van der Waals surface area contributed by atoms with Gasteiger partial charge in [0.05, 0.1) is 6.04 Å². The highest BCUT2D eigenvalue weighted by molar-refractivity contribution is 9.10. The van der Waals surface area contributed by atoms with E-state index in [0.29, 0.717) is 17.0 Å². The molecule has 1 heterocycles. The highest BCUT2D eigenvalue weighted by Crippen LogP contribution is 2.29. The standard InChI is InChI=1S/C13H11BrF3NO/c1-2-18-13(9-5-6-10(14)19-9)7-3-4-8(15)12(17)11(7)16/h3-6,13,18H,2H2,1H3. The number of halogens is 4. The summed E-state index contributed by atoms with van der Waals surface area (Å²) in [5.41, 5.74) is 0.00241. The molecule has 0 aliphatic heterocycles. The molecule has 1 atom stereocenters. The smallest absolute Gasteiger partial charge is 0.194 e. The number of furan rings is 1. The molecule has 1 N–H and O–H groups in total. The van der Waals surface area contributed by atoms with Crippen LogP contribution in [0.1, 0.15) is 24.3 Å². The van der Waals surface area contributed by atoms with Gasteiger partial charge in [0.15, 0.2) is 22.1 Å². The average molecular weight is 334 g/mol. The van der Waals surface area contributed by atoms with Crippen molar-refractivity contribution in [3.05, 3.63) is 57.7 Å². The van der Waals surface area contributed by atoms with Gasteiger partial charge in [0.2, 0.25) is 0 Å². The van der Waals surface area contributed by atoms with Gasteiger partial charge in [-0.25, -0.2) is 13.2 Å². The van der Waals surface area contributed by atoms with Gasteiger partial charge in [0, 0.05) is 5.56 Å². The van der Waals surface area contributed by atoms with Crippen molar-refractivity contribution in [1.82, 2.24) is 5.32 Å². The van der Waals surface area contributed by atoms with E-state index >= 15 is 0 Å². The molecule has 0 spiro atoms. The fourth-order valence-corrected chi connectivity index (χ4v) is 2.13. The van der Waals surface area contributed by atoms with Crippen LogP contribution in [0.3, 0.4) is 0 Å². The maximum Gasteiger partial charge on any atom is 0.194 e. The van der Waals surface area contributed by atoms with Crippen LogP contribution in [-0.2, 0) is 0 Å². The van der Waals surface area contributed by atoms with Crippen molar-refractivity contribution in [2.24, 2.45) is 0 Å². The molecule has 0 aliphatic rings. The molecule has 0 aliphatic carbocycles. The zero-order valence-electron chi connectivity index (χ0n) is 10.0. The summed E-state index contributed by atoms with van der Waals surface area (Å²) in [7, 11) is 0. The van der Waals surface area contributed by atoms with E-state index in [2.05, 4.69) is 21.2 Å². The third-order valence-electron chi connectivity index (χ3n) is 2.66. The van der Waals surface area contributed by atoms with E-state index in [4.69, 9.17) is 4.42 Å². The van der Waals surface area contributed by atoms with Crippen molar-refractivity contribution >= 4 is 15.9 Å². The Kier molecular flexibility index (Phi) is 4.31. The topological polar surface area (TPSA) is 25.2 Å². The molecule has 0 saturated heterocycles. The lowest BCUT2D eigenvalue weighted by molar-refractivity contribution is 0.406. The fraction of sp³-hybridized carbons (Fsp3) is 0.231. The van der Waals surface area contributed by atoms with Gasteiger partial charge in [0.25, 0.3) is 0 Å². The lowest BCUT2D eigenvalue weighted by Gasteiger charge is -2.17. The Balaban J connectivity index is 2.48. The van der Waals surface area contributed by atoms with Crippen LogP contribution < -0.4 is 5.32 Å². The van der Waals surface area contributed by atoms with Crippen molar-refractivity contribution in [2.75, 3.05) is 6.54 Å². The summed E-state index contributed by atoms with van der Waals surface area (Å²) in [6.45, 7) is 2.34. The summed E-state index contributed by atoms with van der Waals surface area (Å²) >= 11 is 3.15.